The van der Waals surface area contributed by atoms with E-state index in [9.17, 15) is 0 Å². The summed E-state index contributed by atoms with van der Waals surface area (Å²) < 4.78 is 7.76. The van der Waals surface area contributed by atoms with Gasteiger partial charge in [0.25, 0.3) is 0 Å². The molecule has 0 saturated heterocycles. The molecule has 3 heteroatoms. The minimum atomic E-state index is -0.0359. The molecule has 0 aliphatic heterocycles. The number of hydrogen-bond acceptors (Lipinski definition) is 2. The van der Waals surface area contributed by atoms with Crippen LogP contribution in [0.3, 0.4) is 0 Å². The first-order chi connectivity index (χ1) is 7.62. The number of ether oxygens (including phenoxy) is 1. The van der Waals surface area contributed by atoms with Crippen molar-refractivity contribution in [3.05, 3.63) is 17.7 Å². The Balaban J connectivity index is 2.02. The van der Waals surface area contributed by atoms with Crippen LogP contribution in [0.1, 0.15) is 44.5 Å². The van der Waals surface area contributed by atoms with Gasteiger partial charge < -0.3 is 9.30 Å². The highest BCUT2D eigenvalue weighted by Gasteiger charge is 2.19. The van der Waals surface area contributed by atoms with Crippen LogP contribution in [0.5, 0.6) is 0 Å². The zero-order valence-electron chi connectivity index (χ0n) is 10.6. The van der Waals surface area contributed by atoms with E-state index in [2.05, 4.69) is 23.4 Å². The molecule has 90 valence electrons. The summed E-state index contributed by atoms with van der Waals surface area (Å²) in [5.41, 5.74) is 2.74. The van der Waals surface area contributed by atoms with Gasteiger partial charge in [-0.05, 0) is 46.0 Å². The van der Waals surface area contributed by atoms with Crippen LogP contribution in [0.2, 0.25) is 0 Å². The molecule has 0 amide bonds. The van der Waals surface area contributed by atoms with Crippen molar-refractivity contribution in [3.8, 4) is 0 Å². The van der Waals surface area contributed by atoms with Crippen molar-refractivity contribution in [1.29, 1.82) is 0 Å². The monoisotopic (exact) mass is 222 g/mol. The first-order valence-electron chi connectivity index (χ1n) is 6.20. The molecule has 0 saturated carbocycles. The molecule has 0 N–H and O–H groups in total. The Morgan fingerprint density at radius 2 is 2.12 bits per heavy atom. The molecule has 1 aromatic heterocycles. The number of aromatic nitrogens is 2. The fourth-order valence-electron chi connectivity index (χ4n) is 2.22. The van der Waals surface area contributed by atoms with Gasteiger partial charge in [0.1, 0.15) is 0 Å². The third-order valence-corrected chi connectivity index (χ3v) is 3.62. The van der Waals surface area contributed by atoms with Crippen LogP contribution in [-0.4, -0.2) is 22.3 Å². The molecule has 3 nitrogen and oxygen atoms in total. The van der Waals surface area contributed by atoms with Crippen LogP contribution < -0.4 is 0 Å². The van der Waals surface area contributed by atoms with Gasteiger partial charge in [0.2, 0.25) is 0 Å². The number of hydrogen-bond donors (Lipinski definition) is 0. The highest BCUT2D eigenvalue weighted by Crippen LogP contribution is 2.21. The Bertz CT molecular complexity index is 355. The molecule has 1 aliphatic carbocycles. The van der Waals surface area contributed by atoms with Gasteiger partial charge in [0.05, 0.1) is 17.6 Å². The molecule has 0 unspecified atom stereocenters. The SMILES string of the molecule is COC(C)(C)CCn1cnc2c1CCCC2. The van der Waals surface area contributed by atoms with Crippen molar-refractivity contribution in [1.82, 2.24) is 9.55 Å². The van der Waals surface area contributed by atoms with Crippen LogP contribution >= 0.6 is 0 Å². The van der Waals surface area contributed by atoms with Crippen molar-refractivity contribution in [2.45, 2.75) is 58.1 Å². The van der Waals surface area contributed by atoms with E-state index in [1.165, 1.54) is 30.7 Å². The highest BCUT2D eigenvalue weighted by atomic mass is 16.5. The highest BCUT2D eigenvalue weighted by molar-refractivity contribution is 5.16. The predicted octanol–water partition coefficient (Wildman–Crippen LogP) is 2.58. The summed E-state index contributed by atoms with van der Waals surface area (Å²) in [5, 5.41) is 0. The Labute approximate surface area is 97.8 Å². The topological polar surface area (TPSA) is 27.1 Å². The van der Waals surface area contributed by atoms with E-state index in [4.69, 9.17) is 4.74 Å². The second kappa shape index (κ2) is 4.58. The maximum atomic E-state index is 5.45. The van der Waals surface area contributed by atoms with Crippen molar-refractivity contribution < 1.29 is 4.74 Å². The first-order valence-corrected chi connectivity index (χ1v) is 6.20. The number of imidazole rings is 1. The molecule has 0 fully saturated rings. The summed E-state index contributed by atoms with van der Waals surface area (Å²) in [5.74, 6) is 0. The van der Waals surface area contributed by atoms with E-state index in [1.54, 1.807) is 7.11 Å². The zero-order chi connectivity index (χ0) is 11.6. The standard InChI is InChI=1S/C13H22N2O/c1-13(2,16-3)8-9-15-10-14-11-6-4-5-7-12(11)15/h10H,4-9H2,1-3H3. The van der Waals surface area contributed by atoms with Crippen molar-refractivity contribution in [3.63, 3.8) is 0 Å². The van der Waals surface area contributed by atoms with Gasteiger partial charge in [0, 0.05) is 19.3 Å². The van der Waals surface area contributed by atoms with E-state index in [-0.39, 0.29) is 5.60 Å². The smallest absolute Gasteiger partial charge is 0.0951 e. The van der Waals surface area contributed by atoms with Gasteiger partial charge in [-0.1, -0.05) is 0 Å². The number of methoxy groups -OCH3 is 1. The van der Waals surface area contributed by atoms with Crippen LogP contribution in [0.15, 0.2) is 6.33 Å². The van der Waals surface area contributed by atoms with Gasteiger partial charge in [-0.2, -0.15) is 0 Å². The fourth-order valence-corrected chi connectivity index (χ4v) is 2.22. The molecule has 1 aromatic rings. The second-order valence-corrected chi connectivity index (χ2v) is 5.25. The lowest BCUT2D eigenvalue weighted by Gasteiger charge is -2.23. The minimum absolute atomic E-state index is 0.0359. The van der Waals surface area contributed by atoms with Crippen molar-refractivity contribution >= 4 is 0 Å². The number of rotatable bonds is 4. The van der Waals surface area contributed by atoms with E-state index in [0.29, 0.717) is 0 Å². The molecule has 2 rings (SSSR count). The Morgan fingerprint density at radius 1 is 1.38 bits per heavy atom. The van der Waals surface area contributed by atoms with Gasteiger partial charge in [-0.3, -0.25) is 0 Å². The molecule has 1 aliphatic rings. The van der Waals surface area contributed by atoms with Crippen LogP contribution in [0.25, 0.3) is 0 Å². The summed E-state index contributed by atoms with van der Waals surface area (Å²) in [4.78, 5) is 4.51. The lowest BCUT2D eigenvalue weighted by Crippen LogP contribution is -2.25. The molecule has 0 aromatic carbocycles. The van der Waals surface area contributed by atoms with Crippen molar-refractivity contribution in [2.75, 3.05) is 7.11 Å². The summed E-state index contributed by atoms with van der Waals surface area (Å²) in [6.45, 7) is 5.29. The molecule has 0 atom stereocenters. The number of aryl methyl sites for hydroxylation is 2. The third-order valence-electron chi connectivity index (χ3n) is 3.62. The third kappa shape index (κ3) is 2.46. The average Bonchev–Trinajstić information content (AvgIpc) is 2.70. The Hall–Kier alpha value is -0.830. The van der Waals surface area contributed by atoms with E-state index in [0.717, 1.165) is 19.4 Å². The molecule has 1 heterocycles. The lowest BCUT2D eigenvalue weighted by atomic mass is 10.0. The quantitative estimate of drug-likeness (QED) is 0.783. The number of nitrogens with zero attached hydrogens (tertiary/aromatic N) is 2. The van der Waals surface area contributed by atoms with E-state index >= 15 is 0 Å². The summed E-state index contributed by atoms with van der Waals surface area (Å²) in [6.07, 6.45) is 8.01. The molecular formula is C13H22N2O. The van der Waals surface area contributed by atoms with Crippen LogP contribution in [0.4, 0.5) is 0 Å². The maximum Gasteiger partial charge on any atom is 0.0951 e. The summed E-state index contributed by atoms with van der Waals surface area (Å²) in [7, 11) is 1.78. The largest absolute Gasteiger partial charge is 0.379 e. The van der Waals surface area contributed by atoms with Crippen LogP contribution in [-0.2, 0) is 24.1 Å². The van der Waals surface area contributed by atoms with Gasteiger partial charge in [0.15, 0.2) is 0 Å². The lowest BCUT2D eigenvalue weighted by molar-refractivity contribution is 0.0119. The van der Waals surface area contributed by atoms with Gasteiger partial charge >= 0.3 is 0 Å². The number of fused-ring (bicyclic) bond motifs is 1. The molecular weight excluding hydrogens is 200 g/mol. The molecule has 16 heavy (non-hydrogen) atoms. The zero-order valence-corrected chi connectivity index (χ0v) is 10.6. The molecule has 0 bridgehead atoms. The molecule has 0 spiro atoms. The van der Waals surface area contributed by atoms with Gasteiger partial charge in [-0.25, -0.2) is 4.98 Å². The summed E-state index contributed by atoms with van der Waals surface area (Å²) >= 11 is 0. The normalized spacial score (nSPS) is 16.2. The average molecular weight is 222 g/mol. The molecule has 0 radical (unpaired) electrons. The Kier molecular flexibility index (Phi) is 3.33. The Morgan fingerprint density at radius 3 is 2.88 bits per heavy atom. The maximum absolute atomic E-state index is 5.45. The minimum Gasteiger partial charge on any atom is -0.379 e. The van der Waals surface area contributed by atoms with Gasteiger partial charge in [-0.15, -0.1) is 0 Å². The van der Waals surface area contributed by atoms with E-state index in [1.807, 2.05) is 6.33 Å². The van der Waals surface area contributed by atoms with Crippen molar-refractivity contribution in [2.24, 2.45) is 0 Å². The fraction of sp³-hybridized carbons (Fsp3) is 0.769. The summed E-state index contributed by atoms with van der Waals surface area (Å²) in [6, 6.07) is 0. The first kappa shape index (κ1) is 11.6. The second-order valence-electron chi connectivity index (χ2n) is 5.25. The van der Waals surface area contributed by atoms with Crippen LogP contribution in [0, 0.1) is 0 Å². The van der Waals surface area contributed by atoms with E-state index < -0.39 is 0 Å². The predicted molar refractivity (Wildman–Crippen MR) is 64.6 cm³/mol.